The van der Waals surface area contributed by atoms with E-state index < -0.39 is 0 Å². The van der Waals surface area contributed by atoms with Gasteiger partial charge in [0, 0.05) is 26.6 Å². The first-order valence-corrected chi connectivity index (χ1v) is 7.65. The molecule has 2 aromatic rings. The van der Waals surface area contributed by atoms with Gasteiger partial charge < -0.3 is 10.1 Å². The minimum absolute atomic E-state index is 0.413. The van der Waals surface area contributed by atoms with Gasteiger partial charge in [-0.1, -0.05) is 45.2 Å². The average Bonchev–Trinajstić information content (AvgIpc) is 2.41. The first kappa shape index (κ1) is 15.6. The van der Waals surface area contributed by atoms with Crippen molar-refractivity contribution in [3.8, 4) is 5.75 Å². The molecule has 0 aliphatic carbocycles. The summed E-state index contributed by atoms with van der Waals surface area (Å²) in [6.07, 6.45) is 0. The van der Waals surface area contributed by atoms with E-state index in [1.807, 2.05) is 31.3 Å². The zero-order chi connectivity index (χ0) is 14.5. The molecule has 5 heteroatoms. The van der Waals surface area contributed by atoms with Crippen molar-refractivity contribution in [3.05, 3.63) is 62.0 Å². The van der Waals surface area contributed by atoms with Gasteiger partial charge in [0.1, 0.15) is 12.4 Å². The van der Waals surface area contributed by atoms with Gasteiger partial charge in [0.15, 0.2) is 0 Å². The van der Waals surface area contributed by atoms with Crippen LogP contribution in [0.25, 0.3) is 0 Å². The summed E-state index contributed by atoms with van der Waals surface area (Å²) in [5.41, 5.74) is 2.06. The topological polar surface area (TPSA) is 21.3 Å². The molecule has 0 amide bonds. The summed E-state index contributed by atoms with van der Waals surface area (Å²) in [7, 11) is 1.91. The molecule has 0 radical (unpaired) electrons. The molecule has 0 aliphatic rings. The largest absolute Gasteiger partial charge is 0.489 e. The molecule has 2 aromatic carbocycles. The molecule has 0 heterocycles. The highest BCUT2D eigenvalue weighted by Crippen LogP contribution is 2.25. The highest BCUT2D eigenvalue weighted by Gasteiger charge is 2.05. The molecule has 0 bridgehead atoms. The highest BCUT2D eigenvalue weighted by molar-refractivity contribution is 9.10. The van der Waals surface area contributed by atoms with Crippen LogP contribution in [0.2, 0.25) is 10.0 Å². The van der Waals surface area contributed by atoms with Crippen molar-refractivity contribution in [1.29, 1.82) is 0 Å². The van der Waals surface area contributed by atoms with Gasteiger partial charge in [0.2, 0.25) is 0 Å². The summed E-state index contributed by atoms with van der Waals surface area (Å²) in [6, 6.07) is 11.3. The van der Waals surface area contributed by atoms with Crippen molar-refractivity contribution in [2.75, 3.05) is 7.05 Å². The molecule has 0 saturated carbocycles. The first-order chi connectivity index (χ1) is 9.60. The van der Waals surface area contributed by atoms with Crippen molar-refractivity contribution >= 4 is 39.1 Å². The third-order valence-corrected chi connectivity index (χ3v) is 4.15. The van der Waals surface area contributed by atoms with Crippen LogP contribution in [0.5, 0.6) is 5.75 Å². The zero-order valence-electron chi connectivity index (χ0n) is 10.9. The van der Waals surface area contributed by atoms with Gasteiger partial charge in [-0.25, -0.2) is 0 Å². The summed E-state index contributed by atoms with van der Waals surface area (Å²) >= 11 is 15.5. The summed E-state index contributed by atoms with van der Waals surface area (Å²) in [4.78, 5) is 0. The van der Waals surface area contributed by atoms with Gasteiger partial charge in [-0.05, 0) is 42.9 Å². The van der Waals surface area contributed by atoms with Gasteiger partial charge in [-0.3, -0.25) is 0 Å². The smallest absolute Gasteiger partial charge is 0.120 e. The van der Waals surface area contributed by atoms with Gasteiger partial charge in [0.05, 0.1) is 0 Å². The summed E-state index contributed by atoms with van der Waals surface area (Å²) < 4.78 is 6.84. The van der Waals surface area contributed by atoms with Gasteiger partial charge in [0.25, 0.3) is 0 Å². The molecule has 0 aliphatic heterocycles. The van der Waals surface area contributed by atoms with Crippen LogP contribution in [0.1, 0.15) is 11.1 Å². The standard InChI is InChI=1S/C15H14BrCl2NO/c1-19-8-11-6-13(4-5-14(11)16)20-9-10-2-3-12(17)7-15(10)18/h2-7,19H,8-9H2,1H3. The lowest BCUT2D eigenvalue weighted by molar-refractivity contribution is 0.306. The number of halogens is 3. The van der Waals surface area contributed by atoms with Crippen LogP contribution in [0.3, 0.4) is 0 Å². The Morgan fingerprint density at radius 3 is 2.60 bits per heavy atom. The molecule has 1 N–H and O–H groups in total. The number of benzene rings is 2. The molecule has 106 valence electrons. The molecule has 20 heavy (non-hydrogen) atoms. The molecule has 2 rings (SSSR count). The second-order valence-corrected chi connectivity index (χ2v) is 6.01. The Bertz CT molecular complexity index is 604. The van der Waals surface area contributed by atoms with E-state index in [2.05, 4.69) is 21.2 Å². The predicted molar refractivity (Wildman–Crippen MR) is 87.7 cm³/mol. The Labute approximate surface area is 137 Å². The van der Waals surface area contributed by atoms with E-state index in [-0.39, 0.29) is 0 Å². The van der Waals surface area contributed by atoms with E-state index in [1.54, 1.807) is 12.1 Å². The third kappa shape index (κ3) is 4.13. The van der Waals surface area contributed by atoms with Crippen LogP contribution in [-0.4, -0.2) is 7.05 Å². The van der Waals surface area contributed by atoms with Crippen LogP contribution in [-0.2, 0) is 13.2 Å². The summed E-state index contributed by atoms with van der Waals surface area (Å²) in [6.45, 7) is 1.19. The Kier molecular flexibility index (Phi) is 5.73. The van der Waals surface area contributed by atoms with E-state index in [9.17, 15) is 0 Å². The van der Waals surface area contributed by atoms with Crippen LogP contribution in [0, 0.1) is 0 Å². The maximum absolute atomic E-state index is 6.12. The number of hydrogen-bond acceptors (Lipinski definition) is 2. The van der Waals surface area contributed by atoms with Crippen molar-refractivity contribution < 1.29 is 4.74 Å². The second kappa shape index (κ2) is 7.32. The summed E-state index contributed by atoms with van der Waals surface area (Å²) in [5.74, 6) is 0.810. The lowest BCUT2D eigenvalue weighted by Gasteiger charge is -2.11. The van der Waals surface area contributed by atoms with Gasteiger partial charge in [-0.15, -0.1) is 0 Å². The number of nitrogens with one attached hydrogen (secondary N) is 1. The van der Waals surface area contributed by atoms with Gasteiger partial charge in [-0.2, -0.15) is 0 Å². The normalized spacial score (nSPS) is 10.6. The van der Waals surface area contributed by atoms with Crippen molar-refractivity contribution in [2.45, 2.75) is 13.2 Å². The van der Waals surface area contributed by atoms with E-state index in [1.165, 1.54) is 0 Å². The Morgan fingerprint density at radius 1 is 1.10 bits per heavy atom. The second-order valence-electron chi connectivity index (χ2n) is 4.31. The third-order valence-electron chi connectivity index (χ3n) is 2.79. The predicted octanol–water partition coefficient (Wildman–Crippen LogP) is 5.05. The molecule has 0 aromatic heterocycles. The molecule has 0 saturated heterocycles. The SMILES string of the molecule is CNCc1cc(OCc2ccc(Cl)cc2Cl)ccc1Br. The van der Waals surface area contributed by atoms with Crippen LogP contribution >= 0.6 is 39.1 Å². The fourth-order valence-electron chi connectivity index (χ4n) is 1.77. The van der Waals surface area contributed by atoms with E-state index in [4.69, 9.17) is 27.9 Å². The minimum atomic E-state index is 0.413. The van der Waals surface area contributed by atoms with Crippen LogP contribution in [0.4, 0.5) is 0 Å². The van der Waals surface area contributed by atoms with E-state index in [0.29, 0.717) is 16.7 Å². The molecule has 0 unspecified atom stereocenters. The minimum Gasteiger partial charge on any atom is -0.489 e. The molecule has 0 fully saturated rings. The first-order valence-electron chi connectivity index (χ1n) is 6.10. The van der Waals surface area contributed by atoms with Gasteiger partial charge >= 0.3 is 0 Å². The molecule has 0 atom stereocenters. The molecular weight excluding hydrogens is 361 g/mol. The molecule has 0 spiro atoms. The molecular formula is C15H14BrCl2NO. The Hall–Kier alpha value is -0.740. The molecule has 2 nitrogen and oxygen atoms in total. The quantitative estimate of drug-likeness (QED) is 0.790. The maximum atomic E-state index is 6.12. The zero-order valence-corrected chi connectivity index (χ0v) is 14.0. The monoisotopic (exact) mass is 373 g/mol. The fourth-order valence-corrected chi connectivity index (χ4v) is 2.62. The average molecular weight is 375 g/mol. The lowest BCUT2D eigenvalue weighted by atomic mass is 10.2. The van der Waals surface area contributed by atoms with Crippen LogP contribution in [0.15, 0.2) is 40.9 Å². The van der Waals surface area contributed by atoms with Crippen molar-refractivity contribution in [1.82, 2.24) is 5.32 Å². The Morgan fingerprint density at radius 2 is 1.90 bits per heavy atom. The van der Waals surface area contributed by atoms with E-state index in [0.717, 1.165) is 27.9 Å². The Balaban J connectivity index is 2.08. The van der Waals surface area contributed by atoms with E-state index >= 15 is 0 Å². The van der Waals surface area contributed by atoms with Crippen LogP contribution < -0.4 is 10.1 Å². The number of hydrogen-bond donors (Lipinski definition) is 1. The maximum Gasteiger partial charge on any atom is 0.120 e. The fraction of sp³-hybridized carbons (Fsp3) is 0.200. The van der Waals surface area contributed by atoms with Crippen molar-refractivity contribution in [2.24, 2.45) is 0 Å². The number of ether oxygens (including phenoxy) is 1. The van der Waals surface area contributed by atoms with Crippen molar-refractivity contribution in [3.63, 3.8) is 0 Å². The highest BCUT2D eigenvalue weighted by atomic mass is 79.9. The number of rotatable bonds is 5. The lowest BCUT2D eigenvalue weighted by Crippen LogP contribution is -2.06. The summed E-state index contributed by atoms with van der Waals surface area (Å²) in [5, 5.41) is 4.36.